The van der Waals surface area contributed by atoms with Crippen molar-refractivity contribution in [2.75, 3.05) is 6.61 Å². The molecule has 0 saturated carbocycles. The SMILES string of the molecule is C[C@H](CO)NC(=O)[C@H](C)Sc1ccccc1. The van der Waals surface area contributed by atoms with Crippen LogP contribution in [0.5, 0.6) is 0 Å². The summed E-state index contributed by atoms with van der Waals surface area (Å²) in [7, 11) is 0. The van der Waals surface area contributed by atoms with E-state index >= 15 is 0 Å². The number of nitrogens with one attached hydrogen (secondary N) is 1. The first-order chi connectivity index (χ1) is 7.63. The standard InChI is InChI=1S/C12H17NO2S/c1-9(8-14)13-12(15)10(2)16-11-6-4-3-5-7-11/h3-7,9-10,14H,8H2,1-2H3,(H,13,15)/t9-,10+/m1/s1. The number of aliphatic hydroxyl groups is 1. The molecule has 16 heavy (non-hydrogen) atoms. The summed E-state index contributed by atoms with van der Waals surface area (Å²) in [4.78, 5) is 12.7. The van der Waals surface area contributed by atoms with Crippen molar-refractivity contribution < 1.29 is 9.90 Å². The van der Waals surface area contributed by atoms with Gasteiger partial charge in [0.25, 0.3) is 0 Å². The predicted molar refractivity (Wildman–Crippen MR) is 66.5 cm³/mol. The van der Waals surface area contributed by atoms with Crippen LogP contribution >= 0.6 is 11.8 Å². The highest BCUT2D eigenvalue weighted by molar-refractivity contribution is 8.00. The molecule has 0 fully saturated rings. The summed E-state index contributed by atoms with van der Waals surface area (Å²) >= 11 is 1.51. The molecule has 1 aromatic rings. The van der Waals surface area contributed by atoms with E-state index in [1.54, 1.807) is 6.92 Å². The Morgan fingerprint density at radius 1 is 1.38 bits per heavy atom. The van der Waals surface area contributed by atoms with E-state index in [1.807, 2.05) is 37.3 Å². The molecule has 0 aliphatic rings. The minimum absolute atomic E-state index is 0.0333. The Balaban J connectivity index is 2.46. The molecule has 0 bridgehead atoms. The highest BCUT2D eigenvalue weighted by Gasteiger charge is 2.15. The average Bonchev–Trinajstić information content (AvgIpc) is 2.30. The first-order valence-corrected chi connectivity index (χ1v) is 6.14. The molecule has 0 aromatic heterocycles. The van der Waals surface area contributed by atoms with Gasteiger partial charge < -0.3 is 10.4 Å². The zero-order valence-corrected chi connectivity index (χ0v) is 10.3. The predicted octanol–water partition coefficient (Wildman–Crippen LogP) is 1.66. The van der Waals surface area contributed by atoms with Crippen LogP contribution in [0.15, 0.2) is 35.2 Å². The van der Waals surface area contributed by atoms with E-state index < -0.39 is 0 Å². The average molecular weight is 239 g/mol. The van der Waals surface area contributed by atoms with Gasteiger partial charge in [0.1, 0.15) is 0 Å². The van der Waals surface area contributed by atoms with Crippen LogP contribution in [0.25, 0.3) is 0 Å². The summed E-state index contributed by atoms with van der Waals surface area (Å²) in [6.45, 7) is 3.60. The minimum Gasteiger partial charge on any atom is -0.394 e. The van der Waals surface area contributed by atoms with Crippen molar-refractivity contribution in [2.45, 2.75) is 30.0 Å². The Labute approximate surface area is 100 Å². The van der Waals surface area contributed by atoms with E-state index in [0.717, 1.165) is 4.90 Å². The Hall–Kier alpha value is -1.00. The van der Waals surface area contributed by atoms with Crippen molar-refractivity contribution in [3.8, 4) is 0 Å². The molecule has 2 atom stereocenters. The highest BCUT2D eigenvalue weighted by atomic mass is 32.2. The Morgan fingerprint density at radius 3 is 2.56 bits per heavy atom. The van der Waals surface area contributed by atoms with Crippen LogP contribution in [0.4, 0.5) is 0 Å². The minimum atomic E-state index is -0.189. The zero-order chi connectivity index (χ0) is 12.0. The van der Waals surface area contributed by atoms with Crippen molar-refractivity contribution in [1.29, 1.82) is 0 Å². The number of benzene rings is 1. The molecule has 88 valence electrons. The normalized spacial score (nSPS) is 14.2. The first-order valence-electron chi connectivity index (χ1n) is 5.26. The summed E-state index contributed by atoms with van der Waals surface area (Å²) in [5, 5.41) is 11.4. The molecule has 1 rings (SSSR count). The monoisotopic (exact) mass is 239 g/mol. The number of thioether (sulfide) groups is 1. The van der Waals surface area contributed by atoms with Gasteiger partial charge >= 0.3 is 0 Å². The second kappa shape index (κ2) is 6.55. The molecule has 2 N–H and O–H groups in total. The lowest BCUT2D eigenvalue weighted by Gasteiger charge is -2.15. The van der Waals surface area contributed by atoms with Gasteiger partial charge in [-0.25, -0.2) is 0 Å². The fourth-order valence-electron chi connectivity index (χ4n) is 1.16. The van der Waals surface area contributed by atoms with Gasteiger partial charge in [0, 0.05) is 10.9 Å². The van der Waals surface area contributed by atoms with Gasteiger partial charge in [-0.05, 0) is 26.0 Å². The number of carbonyl (C=O) groups is 1. The second-order valence-electron chi connectivity index (χ2n) is 3.67. The van der Waals surface area contributed by atoms with Crippen molar-refractivity contribution in [3.63, 3.8) is 0 Å². The van der Waals surface area contributed by atoms with Gasteiger partial charge in [-0.15, -0.1) is 11.8 Å². The van der Waals surface area contributed by atoms with E-state index in [1.165, 1.54) is 11.8 Å². The third-order valence-electron chi connectivity index (χ3n) is 2.09. The summed E-state index contributed by atoms with van der Waals surface area (Å²) in [5.41, 5.74) is 0. The lowest BCUT2D eigenvalue weighted by molar-refractivity contribution is -0.121. The Bertz CT molecular complexity index is 329. The third kappa shape index (κ3) is 4.24. The molecule has 0 aliphatic carbocycles. The first kappa shape index (κ1) is 13.1. The van der Waals surface area contributed by atoms with Crippen LogP contribution in [0, 0.1) is 0 Å². The van der Waals surface area contributed by atoms with E-state index in [4.69, 9.17) is 5.11 Å². The lowest BCUT2D eigenvalue weighted by atomic mass is 10.3. The van der Waals surface area contributed by atoms with Crippen molar-refractivity contribution in [3.05, 3.63) is 30.3 Å². The molecule has 0 aliphatic heterocycles. The fraction of sp³-hybridized carbons (Fsp3) is 0.417. The van der Waals surface area contributed by atoms with Crippen molar-refractivity contribution in [1.82, 2.24) is 5.32 Å². The quantitative estimate of drug-likeness (QED) is 0.768. The van der Waals surface area contributed by atoms with Gasteiger partial charge in [0.15, 0.2) is 0 Å². The molecule has 0 radical (unpaired) electrons. The summed E-state index contributed by atoms with van der Waals surface area (Å²) < 4.78 is 0. The smallest absolute Gasteiger partial charge is 0.233 e. The van der Waals surface area contributed by atoms with Crippen LogP contribution < -0.4 is 5.32 Å². The van der Waals surface area contributed by atoms with E-state index in [2.05, 4.69) is 5.32 Å². The summed E-state index contributed by atoms with van der Waals surface area (Å²) in [6, 6.07) is 9.61. The van der Waals surface area contributed by atoms with Crippen LogP contribution in [0.1, 0.15) is 13.8 Å². The molecular weight excluding hydrogens is 222 g/mol. The van der Waals surface area contributed by atoms with Crippen molar-refractivity contribution >= 4 is 17.7 Å². The maximum absolute atomic E-state index is 11.7. The van der Waals surface area contributed by atoms with E-state index in [-0.39, 0.29) is 23.8 Å². The molecule has 0 saturated heterocycles. The molecular formula is C12H17NO2S. The highest BCUT2D eigenvalue weighted by Crippen LogP contribution is 2.22. The van der Waals surface area contributed by atoms with Gasteiger partial charge in [0.05, 0.1) is 11.9 Å². The topological polar surface area (TPSA) is 49.3 Å². The number of aliphatic hydroxyl groups excluding tert-OH is 1. The largest absolute Gasteiger partial charge is 0.394 e. The maximum Gasteiger partial charge on any atom is 0.233 e. The lowest BCUT2D eigenvalue weighted by Crippen LogP contribution is -2.39. The summed E-state index contributed by atoms with van der Waals surface area (Å²) in [6.07, 6.45) is 0. The van der Waals surface area contributed by atoms with Gasteiger partial charge in [-0.2, -0.15) is 0 Å². The maximum atomic E-state index is 11.7. The number of rotatable bonds is 5. The number of hydrogen-bond acceptors (Lipinski definition) is 3. The van der Waals surface area contributed by atoms with Crippen LogP contribution in [-0.4, -0.2) is 28.9 Å². The van der Waals surface area contributed by atoms with Gasteiger partial charge in [-0.3, -0.25) is 4.79 Å². The number of hydrogen-bond donors (Lipinski definition) is 2. The van der Waals surface area contributed by atoms with E-state index in [0.29, 0.717) is 0 Å². The molecule has 4 heteroatoms. The molecule has 1 aromatic carbocycles. The Kier molecular flexibility index (Phi) is 5.35. The van der Waals surface area contributed by atoms with Crippen LogP contribution in [0.3, 0.4) is 0 Å². The van der Waals surface area contributed by atoms with Crippen LogP contribution in [0.2, 0.25) is 0 Å². The van der Waals surface area contributed by atoms with Crippen LogP contribution in [-0.2, 0) is 4.79 Å². The zero-order valence-electron chi connectivity index (χ0n) is 9.51. The third-order valence-corrected chi connectivity index (χ3v) is 3.20. The van der Waals surface area contributed by atoms with Gasteiger partial charge in [0.2, 0.25) is 5.91 Å². The fourth-order valence-corrected chi connectivity index (χ4v) is 2.06. The molecule has 1 amide bonds. The molecule has 3 nitrogen and oxygen atoms in total. The van der Waals surface area contributed by atoms with E-state index in [9.17, 15) is 4.79 Å². The number of amides is 1. The van der Waals surface area contributed by atoms with Crippen molar-refractivity contribution in [2.24, 2.45) is 0 Å². The molecule has 0 spiro atoms. The Morgan fingerprint density at radius 2 is 2.00 bits per heavy atom. The number of carbonyl (C=O) groups excluding carboxylic acids is 1. The van der Waals surface area contributed by atoms with Gasteiger partial charge in [-0.1, -0.05) is 18.2 Å². The summed E-state index contributed by atoms with van der Waals surface area (Å²) in [5.74, 6) is -0.0459. The second-order valence-corrected chi connectivity index (χ2v) is 5.08. The molecule has 0 unspecified atom stereocenters. The molecule has 0 heterocycles.